The number of benzene rings is 1. The summed E-state index contributed by atoms with van der Waals surface area (Å²) in [7, 11) is 0. The second-order valence-corrected chi connectivity index (χ2v) is 3.13. The van der Waals surface area contributed by atoms with E-state index in [4.69, 9.17) is 5.73 Å². The van der Waals surface area contributed by atoms with Crippen molar-refractivity contribution in [3.05, 3.63) is 29.3 Å². The van der Waals surface area contributed by atoms with Gasteiger partial charge in [0, 0.05) is 6.07 Å². The Bertz CT molecular complexity index is 512. The smallest absolute Gasteiger partial charge is 0.366 e. The molecule has 0 unspecified atom stereocenters. The lowest BCUT2D eigenvalue weighted by atomic mass is 10.1. The summed E-state index contributed by atoms with van der Waals surface area (Å²) in [6, 6.07) is 0.530. The summed E-state index contributed by atoms with van der Waals surface area (Å²) in [6.45, 7) is 0. The molecule has 0 bridgehead atoms. The maximum atomic E-state index is 13.1. The highest BCUT2D eigenvalue weighted by atomic mass is 19.4. The average molecular weight is 268 g/mol. The summed E-state index contributed by atoms with van der Waals surface area (Å²) in [5, 5.41) is 1.16. The lowest BCUT2D eigenvalue weighted by Gasteiger charge is -2.10. The number of anilines is 1. The van der Waals surface area contributed by atoms with Crippen LogP contribution in [0.3, 0.4) is 0 Å². The fourth-order valence-electron chi connectivity index (χ4n) is 1.03. The fraction of sp³-hybridized carbons (Fsp3) is 0.111. The third-order valence-corrected chi connectivity index (χ3v) is 1.83. The predicted molar refractivity (Wildman–Crippen MR) is 49.6 cm³/mol. The maximum Gasteiger partial charge on any atom is 0.471 e. The van der Waals surface area contributed by atoms with E-state index in [0.29, 0.717) is 6.07 Å². The Hall–Kier alpha value is -2.19. The van der Waals surface area contributed by atoms with E-state index in [-0.39, 0.29) is 6.07 Å². The van der Waals surface area contributed by atoms with Crippen LogP contribution in [0, 0.1) is 11.6 Å². The molecule has 0 radical (unpaired) electrons. The fourth-order valence-corrected chi connectivity index (χ4v) is 1.03. The Morgan fingerprint density at radius 1 is 1.11 bits per heavy atom. The molecule has 0 fully saturated rings. The molecule has 1 aromatic carbocycles. The molecule has 0 aliphatic carbocycles. The van der Waals surface area contributed by atoms with E-state index in [9.17, 15) is 31.5 Å². The van der Waals surface area contributed by atoms with Gasteiger partial charge in [-0.05, 0) is 6.07 Å². The highest BCUT2D eigenvalue weighted by Crippen LogP contribution is 2.22. The lowest BCUT2D eigenvalue weighted by molar-refractivity contribution is -0.167. The summed E-state index contributed by atoms with van der Waals surface area (Å²) < 4.78 is 61.8. The molecule has 1 aromatic rings. The first-order chi connectivity index (χ1) is 8.12. The Morgan fingerprint density at radius 3 is 2.11 bits per heavy atom. The first kappa shape index (κ1) is 13.9. The zero-order chi connectivity index (χ0) is 14.1. The first-order valence-electron chi connectivity index (χ1n) is 4.30. The van der Waals surface area contributed by atoms with Crippen molar-refractivity contribution in [3.63, 3.8) is 0 Å². The molecule has 0 saturated heterocycles. The zero-order valence-corrected chi connectivity index (χ0v) is 8.44. The van der Waals surface area contributed by atoms with Crippen molar-refractivity contribution in [2.24, 2.45) is 5.73 Å². The van der Waals surface area contributed by atoms with Crippen LogP contribution in [0.25, 0.3) is 0 Å². The van der Waals surface area contributed by atoms with Gasteiger partial charge < -0.3 is 11.1 Å². The molecule has 0 aliphatic rings. The number of primary amides is 1. The molecule has 9 heteroatoms. The van der Waals surface area contributed by atoms with Crippen molar-refractivity contribution in [2.75, 3.05) is 5.32 Å². The van der Waals surface area contributed by atoms with Crippen LogP contribution in [0.2, 0.25) is 0 Å². The summed E-state index contributed by atoms with van der Waals surface area (Å²) in [4.78, 5) is 21.2. The molecule has 0 aromatic heterocycles. The molecule has 0 spiro atoms. The van der Waals surface area contributed by atoms with Crippen LogP contribution in [0.5, 0.6) is 0 Å². The molecule has 0 atom stereocenters. The molecule has 98 valence electrons. The van der Waals surface area contributed by atoms with Crippen LogP contribution in [-0.4, -0.2) is 18.0 Å². The number of alkyl halides is 3. The number of nitrogens with two attached hydrogens (primary N) is 1. The third kappa shape index (κ3) is 2.93. The van der Waals surface area contributed by atoms with Gasteiger partial charge in [-0.2, -0.15) is 13.2 Å². The van der Waals surface area contributed by atoms with Crippen LogP contribution in [0.1, 0.15) is 10.4 Å². The Kier molecular flexibility index (Phi) is 3.54. The molecule has 1 rings (SSSR count). The second kappa shape index (κ2) is 4.59. The standard InChI is InChI=1S/C9H5F5N2O2/c10-4-2-5(11)6(1-3(4)7(15)17)16-8(18)9(12,13)14/h1-2H,(H2,15,17)(H,16,18). The van der Waals surface area contributed by atoms with Gasteiger partial charge in [0.2, 0.25) is 0 Å². The SMILES string of the molecule is NC(=O)c1cc(NC(=O)C(F)(F)F)c(F)cc1F. The van der Waals surface area contributed by atoms with E-state index in [1.807, 2.05) is 0 Å². The minimum absolute atomic E-state index is 0.145. The molecule has 2 amide bonds. The Balaban J connectivity index is 3.14. The van der Waals surface area contributed by atoms with E-state index >= 15 is 0 Å². The van der Waals surface area contributed by atoms with Crippen molar-refractivity contribution in [3.8, 4) is 0 Å². The van der Waals surface area contributed by atoms with E-state index in [1.165, 1.54) is 0 Å². The number of hydrogen-bond donors (Lipinski definition) is 2. The minimum atomic E-state index is -5.24. The van der Waals surface area contributed by atoms with Crippen molar-refractivity contribution in [1.82, 2.24) is 0 Å². The van der Waals surface area contributed by atoms with Crippen molar-refractivity contribution in [2.45, 2.75) is 6.18 Å². The summed E-state index contributed by atoms with van der Waals surface area (Å²) in [5.41, 5.74) is 2.88. The molecule has 18 heavy (non-hydrogen) atoms. The normalized spacial score (nSPS) is 11.2. The molecule has 0 heterocycles. The summed E-state index contributed by atoms with van der Waals surface area (Å²) in [5.74, 6) is -6.57. The molecule has 0 saturated carbocycles. The van der Waals surface area contributed by atoms with E-state index in [1.54, 1.807) is 0 Å². The molecular formula is C9H5F5N2O2. The third-order valence-electron chi connectivity index (χ3n) is 1.83. The Labute approximate surface area is 96.6 Å². The molecular weight excluding hydrogens is 263 g/mol. The van der Waals surface area contributed by atoms with Gasteiger partial charge in [0.1, 0.15) is 11.6 Å². The van der Waals surface area contributed by atoms with Gasteiger partial charge >= 0.3 is 12.1 Å². The monoisotopic (exact) mass is 268 g/mol. The van der Waals surface area contributed by atoms with Gasteiger partial charge in [-0.1, -0.05) is 0 Å². The topological polar surface area (TPSA) is 72.2 Å². The predicted octanol–water partition coefficient (Wildman–Crippen LogP) is 1.56. The summed E-state index contributed by atoms with van der Waals surface area (Å²) in [6.07, 6.45) is -5.24. The number of hydrogen-bond acceptors (Lipinski definition) is 2. The number of amides is 2. The summed E-state index contributed by atoms with van der Waals surface area (Å²) >= 11 is 0. The highest BCUT2D eigenvalue weighted by Gasteiger charge is 2.39. The van der Waals surface area contributed by atoms with Gasteiger partial charge in [-0.25, -0.2) is 8.78 Å². The number of carbonyl (C=O) groups excluding carboxylic acids is 2. The van der Waals surface area contributed by atoms with Gasteiger partial charge in [0.05, 0.1) is 11.3 Å². The molecule has 4 nitrogen and oxygen atoms in total. The van der Waals surface area contributed by atoms with E-state index in [0.717, 1.165) is 5.32 Å². The van der Waals surface area contributed by atoms with Gasteiger partial charge in [0.15, 0.2) is 0 Å². The van der Waals surface area contributed by atoms with Crippen molar-refractivity contribution < 1.29 is 31.5 Å². The van der Waals surface area contributed by atoms with Crippen LogP contribution < -0.4 is 11.1 Å². The first-order valence-corrected chi connectivity index (χ1v) is 4.30. The van der Waals surface area contributed by atoms with Crippen LogP contribution in [0.4, 0.5) is 27.6 Å². The average Bonchev–Trinajstić information content (AvgIpc) is 2.19. The van der Waals surface area contributed by atoms with Crippen LogP contribution >= 0.6 is 0 Å². The van der Waals surface area contributed by atoms with Gasteiger partial charge in [-0.15, -0.1) is 0 Å². The number of rotatable bonds is 2. The number of halogens is 5. The second-order valence-electron chi connectivity index (χ2n) is 3.13. The zero-order valence-electron chi connectivity index (χ0n) is 8.44. The van der Waals surface area contributed by atoms with E-state index < -0.39 is 40.9 Å². The van der Waals surface area contributed by atoms with Crippen molar-refractivity contribution >= 4 is 17.5 Å². The molecule has 0 aliphatic heterocycles. The molecule has 3 N–H and O–H groups in total. The van der Waals surface area contributed by atoms with Crippen LogP contribution in [0.15, 0.2) is 12.1 Å². The van der Waals surface area contributed by atoms with Crippen molar-refractivity contribution in [1.29, 1.82) is 0 Å². The van der Waals surface area contributed by atoms with Crippen LogP contribution in [-0.2, 0) is 4.79 Å². The number of nitrogens with one attached hydrogen (secondary N) is 1. The quantitative estimate of drug-likeness (QED) is 0.799. The highest BCUT2D eigenvalue weighted by molar-refractivity contribution is 5.98. The lowest BCUT2D eigenvalue weighted by Crippen LogP contribution is -2.30. The largest absolute Gasteiger partial charge is 0.471 e. The Morgan fingerprint density at radius 2 is 1.67 bits per heavy atom. The number of carbonyl (C=O) groups is 2. The maximum absolute atomic E-state index is 13.1. The van der Waals surface area contributed by atoms with E-state index in [2.05, 4.69) is 0 Å². The minimum Gasteiger partial charge on any atom is -0.366 e. The van der Waals surface area contributed by atoms with Gasteiger partial charge in [0.25, 0.3) is 5.91 Å². The van der Waals surface area contributed by atoms with Gasteiger partial charge in [-0.3, -0.25) is 9.59 Å².